The number of hydrogen-bond acceptors (Lipinski definition) is 5. The van der Waals surface area contributed by atoms with Gasteiger partial charge < -0.3 is 9.88 Å². The molecule has 7 heteroatoms. The van der Waals surface area contributed by atoms with E-state index in [9.17, 15) is 9.59 Å². The maximum atomic E-state index is 12.3. The number of hydrogen-bond donors (Lipinski definition) is 1. The number of H-pyrrole nitrogens is 1. The summed E-state index contributed by atoms with van der Waals surface area (Å²) < 4.78 is 0. The minimum Gasteiger partial charge on any atom is -0.341 e. The first kappa shape index (κ1) is 17.3. The second-order valence-corrected chi connectivity index (χ2v) is 7.29. The lowest BCUT2D eigenvalue weighted by molar-refractivity contribution is -0.130. The van der Waals surface area contributed by atoms with Crippen molar-refractivity contribution in [2.45, 2.75) is 33.2 Å². The van der Waals surface area contributed by atoms with Crippen LogP contribution in [0.15, 0.2) is 29.3 Å². The molecule has 0 atom stereocenters. The second kappa shape index (κ2) is 7.14. The third-order valence-corrected chi connectivity index (χ3v) is 5.33. The molecular formula is C18H20N4O2S. The van der Waals surface area contributed by atoms with E-state index in [1.807, 2.05) is 26.0 Å². The SMILES string of the molecule is Cc1sc2nc(CCC(=O)N(C)Cc3cccnc3)[nH]c(=O)c2c1C. The number of aryl methyl sites for hydroxylation is 3. The molecule has 0 spiro atoms. The zero-order valence-corrected chi connectivity index (χ0v) is 15.3. The van der Waals surface area contributed by atoms with Crippen molar-refractivity contribution in [3.8, 4) is 0 Å². The standard InChI is InChI=1S/C18H20N4O2S/c1-11-12(2)25-18-16(11)17(24)20-14(21-18)6-7-15(23)22(3)10-13-5-4-8-19-9-13/h4-5,8-9H,6-7,10H2,1-3H3,(H,20,21,24). The Bertz CT molecular complexity index is 962. The summed E-state index contributed by atoms with van der Waals surface area (Å²) in [6.07, 6.45) is 4.17. The van der Waals surface area contributed by atoms with Crippen LogP contribution in [0.1, 0.15) is 28.2 Å². The van der Waals surface area contributed by atoms with E-state index in [2.05, 4.69) is 15.0 Å². The number of carbonyl (C=O) groups is 1. The summed E-state index contributed by atoms with van der Waals surface area (Å²) in [5, 5.41) is 0.659. The molecule has 0 aliphatic heterocycles. The molecule has 0 aliphatic carbocycles. The van der Waals surface area contributed by atoms with Gasteiger partial charge in [-0.2, -0.15) is 0 Å². The van der Waals surface area contributed by atoms with E-state index in [4.69, 9.17) is 0 Å². The topological polar surface area (TPSA) is 79.0 Å². The molecule has 0 saturated heterocycles. The molecule has 0 fully saturated rings. The van der Waals surface area contributed by atoms with Gasteiger partial charge >= 0.3 is 0 Å². The number of nitrogens with zero attached hydrogens (tertiary/aromatic N) is 3. The molecule has 1 N–H and O–H groups in total. The fraction of sp³-hybridized carbons (Fsp3) is 0.333. The Labute approximate surface area is 149 Å². The first-order chi connectivity index (χ1) is 12.0. The van der Waals surface area contributed by atoms with E-state index >= 15 is 0 Å². The Hall–Kier alpha value is -2.54. The highest BCUT2D eigenvalue weighted by Gasteiger charge is 2.14. The van der Waals surface area contributed by atoms with Crippen LogP contribution in [0.4, 0.5) is 0 Å². The molecule has 3 aromatic rings. The summed E-state index contributed by atoms with van der Waals surface area (Å²) in [7, 11) is 1.76. The van der Waals surface area contributed by atoms with Gasteiger partial charge in [-0.25, -0.2) is 4.98 Å². The Kier molecular flexibility index (Phi) is 4.94. The molecule has 0 aromatic carbocycles. The van der Waals surface area contributed by atoms with Crippen LogP contribution >= 0.6 is 11.3 Å². The van der Waals surface area contributed by atoms with Gasteiger partial charge in [0.25, 0.3) is 5.56 Å². The van der Waals surface area contributed by atoms with E-state index in [0.717, 1.165) is 20.8 Å². The predicted molar refractivity (Wildman–Crippen MR) is 98.7 cm³/mol. The average molecular weight is 356 g/mol. The van der Waals surface area contributed by atoms with Crippen molar-refractivity contribution in [1.29, 1.82) is 0 Å². The second-order valence-electron chi connectivity index (χ2n) is 6.09. The van der Waals surface area contributed by atoms with Crippen LogP contribution in [-0.2, 0) is 17.8 Å². The van der Waals surface area contributed by atoms with Gasteiger partial charge in [0.15, 0.2) is 0 Å². The number of amides is 1. The van der Waals surface area contributed by atoms with Crippen molar-refractivity contribution < 1.29 is 4.79 Å². The number of fused-ring (bicyclic) bond motifs is 1. The van der Waals surface area contributed by atoms with E-state index in [-0.39, 0.29) is 11.5 Å². The monoisotopic (exact) mass is 356 g/mol. The van der Waals surface area contributed by atoms with E-state index < -0.39 is 0 Å². The largest absolute Gasteiger partial charge is 0.341 e. The molecule has 0 aliphatic rings. The minimum absolute atomic E-state index is 0.00476. The lowest BCUT2D eigenvalue weighted by atomic mass is 10.2. The lowest BCUT2D eigenvalue weighted by Gasteiger charge is -2.16. The van der Waals surface area contributed by atoms with E-state index in [1.165, 1.54) is 11.3 Å². The first-order valence-corrected chi connectivity index (χ1v) is 8.89. The molecule has 1 amide bonds. The van der Waals surface area contributed by atoms with Crippen molar-refractivity contribution in [3.05, 3.63) is 56.7 Å². The van der Waals surface area contributed by atoms with Crippen LogP contribution in [0.3, 0.4) is 0 Å². The quantitative estimate of drug-likeness (QED) is 0.762. The highest BCUT2D eigenvalue weighted by molar-refractivity contribution is 7.18. The molecule has 130 valence electrons. The van der Waals surface area contributed by atoms with E-state index in [0.29, 0.717) is 30.6 Å². The number of pyridine rings is 1. The van der Waals surface area contributed by atoms with Gasteiger partial charge in [0.05, 0.1) is 5.39 Å². The number of nitrogens with one attached hydrogen (secondary N) is 1. The number of carbonyl (C=O) groups excluding carboxylic acids is 1. The van der Waals surface area contributed by atoms with Crippen molar-refractivity contribution in [2.75, 3.05) is 7.05 Å². The smallest absolute Gasteiger partial charge is 0.259 e. The van der Waals surface area contributed by atoms with Gasteiger partial charge in [-0.3, -0.25) is 14.6 Å². The highest BCUT2D eigenvalue weighted by Crippen LogP contribution is 2.25. The zero-order chi connectivity index (χ0) is 18.0. The fourth-order valence-corrected chi connectivity index (χ4v) is 3.74. The summed E-state index contributed by atoms with van der Waals surface area (Å²) in [6.45, 7) is 4.43. The molecule has 3 heterocycles. The predicted octanol–water partition coefficient (Wildman–Crippen LogP) is 2.59. The normalized spacial score (nSPS) is 11.0. The van der Waals surface area contributed by atoms with Crippen LogP contribution in [0.25, 0.3) is 10.2 Å². The number of aromatic amines is 1. The third-order valence-electron chi connectivity index (χ3n) is 4.23. The molecule has 0 bridgehead atoms. The summed E-state index contributed by atoms with van der Waals surface area (Å²) >= 11 is 1.52. The van der Waals surface area contributed by atoms with Gasteiger partial charge in [-0.15, -0.1) is 11.3 Å². The van der Waals surface area contributed by atoms with Crippen molar-refractivity contribution in [1.82, 2.24) is 19.9 Å². The maximum Gasteiger partial charge on any atom is 0.259 e. The molecule has 3 aromatic heterocycles. The van der Waals surface area contributed by atoms with Crippen LogP contribution in [-0.4, -0.2) is 32.8 Å². The molecule has 0 unspecified atom stereocenters. The van der Waals surface area contributed by atoms with Crippen LogP contribution in [0, 0.1) is 13.8 Å². The fourth-order valence-electron chi connectivity index (χ4n) is 2.69. The van der Waals surface area contributed by atoms with Crippen molar-refractivity contribution >= 4 is 27.5 Å². The summed E-state index contributed by atoms with van der Waals surface area (Å²) in [4.78, 5) is 39.4. The molecular weight excluding hydrogens is 336 g/mol. The molecule has 6 nitrogen and oxygen atoms in total. The first-order valence-electron chi connectivity index (χ1n) is 8.07. The van der Waals surface area contributed by atoms with Crippen LogP contribution in [0.2, 0.25) is 0 Å². The molecule has 3 rings (SSSR count). The highest BCUT2D eigenvalue weighted by atomic mass is 32.1. The van der Waals surface area contributed by atoms with E-state index in [1.54, 1.807) is 24.3 Å². The number of thiophene rings is 1. The van der Waals surface area contributed by atoms with Crippen molar-refractivity contribution in [3.63, 3.8) is 0 Å². The Morgan fingerprint density at radius 1 is 1.36 bits per heavy atom. The van der Waals surface area contributed by atoms with Crippen LogP contribution < -0.4 is 5.56 Å². The number of rotatable bonds is 5. The summed E-state index contributed by atoms with van der Waals surface area (Å²) in [5.41, 5.74) is 1.83. The van der Waals surface area contributed by atoms with Crippen LogP contribution in [0.5, 0.6) is 0 Å². The Balaban J connectivity index is 1.68. The van der Waals surface area contributed by atoms with Gasteiger partial charge in [-0.1, -0.05) is 6.07 Å². The van der Waals surface area contributed by atoms with Crippen molar-refractivity contribution in [2.24, 2.45) is 0 Å². The maximum absolute atomic E-state index is 12.3. The summed E-state index contributed by atoms with van der Waals surface area (Å²) in [5.74, 6) is 0.562. The van der Waals surface area contributed by atoms with Gasteiger partial charge in [0, 0.05) is 43.7 Å². The minimum atomic E-state index is -0.127. The zero-order valence-electron chi connectivity index (χ0n) is 14.5. The van der Waals surface area contributed by atoms with Gasteiger partial charge in [0.2, 0.25) is 5.91 Å². The number of aromatic nitrogens is 3. The Morgan fingerprint density at radius 2 is 2.16 bits per heavy atom. The summed E-state index contributed by atoms with van der Waals surface area (Å²) in [6, 6.07) is 3.79. The average Bonchev–Trinajstić information content (AvgIpc) is 2.88. The third kappa shape index (κ3) is 3.76. The Morgan fingerprint density at radius 3 is 2.88 bits per heavy atom. The molecule has 25 heavy (non-hydrogen) atoms. The van der Waals surface area contributed by atoms with Gasteiger partial charge in [0.1, 0.15) is 10.7 Å². The lowest BCUT2D eigenvalue weighted by Crippen LogP contribution is -2.26. The van der Waals surface area contributed by atoms with Gasteiger partial charge in [-0.05, 0) is 31.0 Å². The molecule has 0 saturated carbocycles. The molecule has 0 radical (unpaired) electrons.